The number of aliphatic carboxylic acids is 3. The fraction of sp³-hybridized carbons (Fsp3) is 0.490. The number of carboxylic acid groups (broad SMARTS) is 3. The van der Waals surface area contributed by atoms with Crippen molar-refractivity contribution < 1.29 is 48.8 Å². The van der Waals surface area contributed by atoms with Crippen molar-refractivity contribution in [1.82, 2.24) is 10.6 Å². The molecule has 65 heavy (non-hydrogen) atoms. The maximum absolute atomic E-state index is 12.9. The second kappa shape index (κ2) is 32.6. The second-order valence-corrected chi connectivity index (χ2v) is 18.9. The van der Waals surface area contributed by atoms with Gasteiger partial charge in [-0.2, -0.15) is 23.5 Å². The van der Waals surface area contributed by atoms with E-state index >= 15 is 0 Å². The first-order valence-electron chi connectivity index (χ1n) is 22.1. The molecule has 1 unspecified atom stereocenters. The summed E-state index contributed by atoms with van der Waals surface area (Å²) in [6.07, 6.45) is 21.1. The Morgan fingerprint density at radius 3 is 1.52 bits per heavy atom. The minimum atomic E-state index is -1.48. The topological polar surface area (TPSA) is 196 Å². The van der Waals surface area contributed by atoms with E-state index in [1.54, 1.807) is 0 Å². The number of carboxylic acids is 3. The number of esters is 1. The average Bonchev–Trinajstić information content (AvgIpc) is 3.21. The van der Waals surface area contributed by atoms with E-state index in [9.17, 15) is 44.1 Å². The van der Waals surface area contributed by atoms with Gasteiger partial charge in [-0.05, 0) is 124 Å². The van der Waals surface area contributed by atoms with Crippen LogP contribution in [0.3, 0.4) is 0 Å². The molecule has 5 N–H and O–H groups in total. The summed E-state index contributed by atoms with van der Waals surface area (Å²) in [5, 5.41) is 34.3. The Bertz CT molecular complexity index is 1980. The van der Waals surface area contributed by atoms with E-state index in [1.807, 2.05) is 19.9 Å². The van der Waals surface area contributed by atoms with Gasteiger partial charge in [-0.25, -0.2) is 14.4 Å². The number of allylic oxidation sites excluding steroid dienone is 10. The molecule has 0 aliphatic heterocycles. The molecular weight excluding hydrogens is 865 g/mol. The number of hydrogen-bond acceptors (Lipinski definition) is 9. The lowest BCUT2D eigenvalue weighted by atomic mass is 10.0. The number of amides is 2. The molecule has 1 aromatic carbocycles. The maximum atomic E-state index is 12.9. The Hall–Kier alpha value is -5.08. The van der Waals surface area contributed by atoms with Crippen LogP contribution in [0.4, 0.5) is 0 Å². The van der Waals surface area contributed by atoms with Crippen LogP contribution in [0.25, 0.3) is 5.57 Å². The lowest BCUT2D eigenvalue weighted by molar-refractivity contribution is -0.142. The Morgan fingerprint density at radius 2 is 1.08 bits per heavy atom. The van der Waals surface area contributed by atoms with Crippen molar-refractivity contribution >= 4 is 64.8 Å². The van der Waals surface area contributed by atoms with E-state index in [0.29, 0.717) is 11.5 Å². The minimum absolute atomic E-state index is 0.00744. The molecule has 2 amide bonds. The summed E-state index contributed by atoms with van der Waals surface area (Å²) in [5.74, 6) is -6.06. The zero-order valence-electron chi connectivity index (χ0n) is 39.8. The van der Waals surface area contributed by atoms with Gasteiger partial charge in [0.25, 0.3) is 0 Å². The number of carbonyl (C=O) groups excluding carboxylic acids is 3. The number of rotatable bonds is 31. The van der Waals surface area contributed by atoms with Crippen molar-refractivity contribution in [2.45, 2.75) is 132 Å². The van der Waals surface area contributed by atoms with Crippen LogP contribution in [-0.2, 0) is 28.8 Å². The highest BCUT2D eigenvalue weighted by Crippen LogP contribution is 2.22. The molecular formula is C51H72N2O10S2. The van der Waals surface area contributed by atoms with E-state index in [2.05, 4.69) is 82.6 Å². The molecule has 0 radical (unpaired) electrons. The highest BCUT2D eigenvalue weighted by Gasteiger charge is 2.26. The van der Waals surface area contributed by atoms with Crippen molar-refractivity contribution in [2.24, 2.45) is 5.92 Å². The summed E-state index contributed by atoms with van der Waals surface area (Å²) in [7, 11) is 0. The minimum Gasteiger partial charge on any atom is -0.480 e. The van der Waals surface area contributed by atoms with Crippen molar-refractivity contribution in [3.05, 3.63) is 106 Å². The third kappa shape index (κ3) is 27.8. The highest BCUT2D eigenvalue weighted by molar-refractivity contribution is 7.99. The van der Waals surface area contributed by atoms with Crippen LogP contribution in [-0.4, -0.2) is 86.1 Å². The van der Waals surface area contributed by atoms with Gasteiger partial charge in [0.1, 0.15) is 17.8 Å². The Balaban J connectivity index is 2.74. The van der Waals surface area contributed by atoms with Gasteiger partial charge in [-0.15, -0.1) is 0 Å². The lowest BCUT2D eigenvalue weighted by Gasteiger charge is -2.17. The number of benzene rings is 1. The Morgan fingerprint density at radius 1 is 0.631 bits per heavy atom. The van der Waals surface area contributed by atoms with Crippen LogP contribution in [0.5, 0.6) is 5.75 Å². The van der Waals surface area contributed by atoms with Gasteiger partial charge in [0, 0.05) is 35.0 Å². The SMILES string of the molecule is CC(C)=CCC/C(C)=C/CC/C(C)=C/CSC[C@H](NC(=O)/C=C(\C(=O)O)c1cccc(OC(=O)CC(C)C(=O)N[C@@H](CSC/C=C(\C)CC/C=C(\C)CCC=C(C)C)C(=O)O)c1)C(=O)O. The Labute approximate surface area is 395 Å². The fourth-order valence-electron chi connectivity index (χ4n) is 5.97. The molecule has 1 aromatic rings. The molecule has 0 saturated carbocycles. The van der Waals surface area contributed by atoms with E-state index in [-0.39, 0.29) is 22.8 Å². The number of thioether (sulfide) groups is 2. The number of nitrogens with one attached hydrogen (secondary N) is 2. The van der Waals surface area contributed by atoms with E-state index in [4.69, 9.17) is 4.74 Å². The summed E-state index contributed by atoms with van der Waals surface area (Å²) < 4.78 is 5.39. The van der Waals surface area contributed by atoms with E-state index in [1.165, 1.54) is 88.2 Å². The van der Waals surface area contributed by atoms with Crippen LogP contribution in [0.15, 0.2) is 100 Å². The first-order chi connectivity index (χ1) is 30.7. The number of carbonyl (C=O) groups is 6. The molecule has 0 saturated heterocycles. The maximum Gasteiger partial charge on any atom is 0.336 e. The molecule has 14 heteroatoms. The standard InChI is InChI=1S/C51H72N2O10S2/c1-34(2)15-10-17-36(5)19-12-21-38(7)25-27-64-32-44(50(59)60)52-46(54)31-43(49(57)58)41-23-14-24-42(30-41)63-47(55)29-40(9)48(56)53-45(51(61)62)33-65-28-26-39(8)22-13-20-37(6)18-11-16-35(3)4/h14-16,19-20,23-26,30-31,40,44-45H,10-13,17-18,21-22,27-29,32-33H2,1-9H3,(H,52,54)(H,53,56)(H,57,58)(H,59,60)(H,61,62)/b36-19+,37-20+,38-25+,39-26+,43-31-/t40?,44-,45-/m0/s1. The summed E-state index contributed by atoms with van der Waals surface area (Å²) in [6, 6.07) is 2.97. The van der Waals surface area contributed by atoms with Crippen LogP contribution in [0, 0.1) is 5.92 Å². The molecule has 0 aliphatic rings. The molecule has 0 fully saturated rings. The first-order valence-corrected chi connectivity index (χ1v) is 24.4. The van der Waals surface area contributed by atoms with Crippen molar-refractivity contribution in [3.63, 3.8) is 0 Å². The molecule has 0 aliphatic carbocycles. The van der Waals surface area contributed by atoms with E-state index in [0.717, 1.165) is 57.4 Å². The third-order valence-corrected chi connectivity index (χ3v) is 11.9. The van der Waals surface area contributed by atoms with Gasteiger partial charge >= 0.3 is 23.9 Å². The number of hydrogen-bond donors (Lipinski definition) is 5. The predicted molar refractivity (Wildman–Crippen MR) is 266 cm³/mol. The normalized spacial score (nSPS) is 13.8. The zero-order chi connectivity index (χ0) is 48.9. The van der Waals surface area contributed by atoms with Crippen LogP contribution < -0.4 is 15.4 Å². The monoisotopic (exact) mass is 936 g/mol. The van der Waals surface area contributed by atoms with Gasteiger partial charge in [0.2, 0.25) is 11.8 Å². The summed E-state index contributed by atoms with van der Waals surface area (Å²) in [5.41, 5.74) is 7.22. The quantitative estimate of drug-likeness (QED) is 0.0156. The first kappa shape index (κ1) is 57.9. The van der Waals surface area contributed by atoms with Crippen molar-refractivity contribution in [1.29, 1.82) is 0 Å². The number of ether oxygens (including phenoxy) is 1. The molecule has 3 atom stereocenters. The smallest absolute Gasteiger partial charge is 0.336 e. The fourth-order valence-corrected chi connectivity index (χ4v) is 7.97. The van der Waals surface area contributed by atoms with E-state index < -0.39 is 65.7 Å². The molecule has 0 aromatic heterocycles. The summed E-state index contributed by atoms with van der Waals surface area (Å²) in [6.45, 7) is 18.2. The van der Waals surface area contributed by atoms with Gasteiger partial charge in [-0.3, -0.25) is 14.4 Å². The lowest BCUT2D eigenvalue weighted by Crippen LogP contribution is -2.45. The third-order valence-electron chi connectivity index (χ3n) is 9.95. The molecule has 0 bridgehead atoms. The molecule has 0 heterocycles. The molecule has 0 spiro atoms. The Kier molecular flexibility index (Phi) is 29.0. The van der Waals surface area contributed by atoms with Crippen LogP contribution in [0.2, 0.25) is 0 Å². The molecule has 358 valence electrons. The summed E-state index contributed by atoms with van der Waals surface area (Å²) >= 11 is 2.70. The van der Waals surface area contributed by atoms with Gasteiger partial charge in [-0.1, -0.05) is 89.0 Å². The molecule has 12 nitrogen and oxygen atoms in total. The van der Waals surface area contributed by atoms with Crippen molar-refractivity contribution in [2.75, 3.05) is 23.0 Å². The molecule has 1 rings (SSSR count). The van der Waals surface area contributed by atoms with Gasteiger partial charge in [0.05, 0.1) is 12.0 Å². The predicted octanol–water partition coefficient (Wildman–Crippen LogP) is 10.5. The second-order valence-electron chi connectivity index (χ2n) is 16.8. The van der Waals surface area contributed by atoms with Crippen LogP contribution in [0.1, 0.15) is 126 Å². The zero-order valence-corrected chi connectivity index (χ0v) is 41.4. The van der Waals surface area contributed by atoms with Crippen molar-refractivity contribution in [3.8, 4) is 5.75 Å². The summed E-state index contributed by atoms with van der Waals surface area (Å²) in [4.78, 5) is 74.8. The van der Waals surface area contributed by atoms with Gasteiger partial charge in [0.15, 0.2) is 0 Å². The largest absolute Gasteiger partial charge is 0.480 e. The van der Waals surface area contributed by atoms with Crippen LogP contribution >= 0.6 is 23.5 Å². The average molecular weight is 937 g/mol. The highest BCUT2D eigenvalue weighted by atomic mass is 32.2. The van der Waals surface area contributed by atoms with Gasteiger partial charge < -0.3 is 30.7 Å².